The molecular weight excluding hydrogens is 621 g/mol. The fourth-order valence-corrected chi connectivity index (χ4v) is 5.86. The van der Waals surface area contributed by atoms with Gasteiger partial charge in [-0.05, 0) is 67.8 Å². The van der Waals surface area contributed by atoms with Gasteiger partial charge in [0.15, 0.2) is 0 Å². The van der Waals surface area contributed by atoms with E-state index in [1.165, 1.54) is 11.0 Å². The molecule has 9 nitrogen and oxygen atoms in total. The molecule has 12 heteroatoms. The Kier molecular flexibility index (Phi) is 9.52. The maximum absolute atomic E-state index is 14.4. The van der Waals surface area contributed by atoms with Gasteiger partial charge >= 0.3 is 6.18 Å². The lowest BCUT2D eigenvalue weighted by Crippen LogP contribution is -2.55. The van der Waals surface area contributed by atoms with Gasteiger partial charge in [-0.3, -0.25) is 19.3 Å². The molecule has 5 rings (SSSR count). The smallest absolute Gasteiger partial charge is 0.339 e. The van der Waals surface area contributed by atoms with Crippen LogP contribution >= 0.6 is 0 Å². The number of hydrogen-bond acceptors (Lipinski definition) is 5. The minimum Gasteiger partial charge on any atom is -0.339 e. The van der Waals surface area contributed by atoms with Gasteiger partial charge in [0.1, 0.15) is 23.5 Å². The lowest BCUT2D eigenvalue weighted by Gasteiger charge is -2.38. The topological polar surface area (TPSA) is 120 Å². The van der Waals surface area contributed by atoms with Crippen LogP contribution in [0.4, 0.5) is 24.7 Å². The summed E-state index contributed by atoms with van der Waals surface area (Å²) < 4.78 is 42.1. The highest BCUT2D eigenvalue weighted by atomic mass is 19.4. The van der Waals surface area contributed by atoms with E-state index in [1.54, 1.807) is 48.9 Å². The molecule has 0 radical (unpaired) electrons. The number of aromatic nitrogens is 2. The normalized spacial score (nSPS) is 16.4. The Morgan fingerprint density at radius 2 is 1.75 bits per heavy atom. The maximum Gasteiger partial charge on any atom is 0.416 e. The standard InChI is InChI=1S/C36H33F3N6O3/c1-5-44-34-29(22(4)43-45(34)28-15-7-6-8-16-28)30(23-11-10-14-27(19-23)41-33(47)25(20-40)17-21(2)3)31(35(44)48)42-32(46)24-12-9-13-26(18-24)36(37,38)39/h6-19,21,30-31H,5H2,1-4H3,(H,41,47)(H,42,46)/b25-17+/t30-,31+/m1/s1. The van der Waals surface area contributed by atoms with Crippen molar-refractivity contribution in [2.75, 3.05) is 16.8 Å². The number of rotatable bonds is 8. The summed E-state index contributed by atoms with van der Waals surface area (Å²) in [6.07, 6.45) is -3.12. The highest BCUT2D eigenvalue weighted by Gasteiger charge is 2.45. The van der Waals surface area contributed by atoms with Gasteiger partial charge in [-0.25, -0.2) is 4.68 Å². The number of allylic oxidation sites excluding steroid dienone is 1. The van der Waals surface area contributed by atoms with Crippen molar-refractivity contribution in [2.45, 2.75) is 45.8 Å². The molecule has 1 aliphatic heterocycles. The molecule has 0 saturated carbocycles. The number of carbonyl (C=O) groups is 3. The summed E-state index contributed by atoms with van der Waals surface area (Å²) in [7, 11) is 0. The van der Waals surface area contributed by atoms with E-state index in [9.17, 15) is 32.8 Å². The number of anilines is 2. The third-order valence-electron chi connectivity index (χ3n) is 7.94. The van der Waals surface area contributed by atoms with Crippen molar-refractivity contribution in [3.63, 3.8) is 0 Å². The van der Waals surface area contributed by atoms with Gasteiger partial charge in [0.05, 0.1) is 16.9 Å². The predicted molar refractivity (Wildman–Crippen MR) is 174 cm³/mol. The first kappa shape index (κ1) is 33.7. The summed E-state index contributed by atoms with van der Waals surface area (Å²) in [5.41, 5.74) is 1.42. The summed E-state index contributed by atoms with van der Waals surface area (Å²) in [6.45, 7) is 7.45. The van der Waals surface area contributed by atoms with Gasteiger partial charge in [0.2, 0.25) is 0 Å². The highest BCUT2D eigenvalue weighted by molar-refractivity contribution is 6.07. The molecule has 48 heavy (non-hydrogen) atoms. The van der Waals surface area contributed by atoms with Crippen LogP contribution in [0.2, 0.25) is 0 Å². The summed E-state index contributed by atoms with van der Waals surface area (Å²) in [6, 6.07) is 20.5. The number of likely N-dealkylation sites (N-methyl/N-ethyl adjacent to an activating group) is 1. The molecule has 0 fully saturated rings. The molecule has 4 aromatic rings. The van der Waals surface area contributed by atoms with Gasteiger partial charge < -0.3 is 10.6 Å². The van der Waals surface area contributed by atoms with Gasteiger partial charge in [-0.15, -0.1) is 0 Å². The number of nitriles is 1. The fraction of sp³-hybridized carbons (Fsp3) is 0.250. The number of benzene rings is 3. The second-order valence-electron chi connectivity index (χ2n) is 11.7. The van der Waals surface area contributed by atoms with Crippen molar-refractivity contribution in [1.82, 2.24) is 15.1 Å². The molecule has 2 N–H and O–H groups in total. The summed E-state index contributed by atoms with van der Waals surface area (Å²) >= 11 is 0. The molecule has 1 aliphatic rings. The van der Waals surface area contributed by atoms with Gasteiger partial charge in [-0.1, -0.05) is 56.3 Å². The van der Waals surface area contributed by atoms with Crippen LogP contribution in [0.3, 0.4) is 0 Å². The lowest BCUT2D eigenvalue weighted by atomic mass is 9.81. The van der Waals surface area contributed by atoms with Crippen LogP contribution in [0.5, 0.6) is 0 Å². The third kappa shape index (κ3) is 6.71. The molecule has 2 heterocycles. The monoisotopic (exact) mass is 654 g/mol. The first-order chi connectivity index (χ1) is 22.8. The number of aryl methyl sites for hydroxylation is 1. The van der Waals surface area contributed by atoms with Gasteiger partial charge in [0, 0.05) is 29.3 Å². The molecule has 0 spiro atoms. The zero-order valence-electron chi connectivity index (χ0n) is 26.7. The van der Waals surface area contributed by atoms with Gasteiger partial charge in [-0.2, -0.15) is 23.5 Å². The van der Waals surface area contributed by atoms with E-state index >= 15 is 0 Å². The summed E-state index contributed by atoms with van der Waals surface area (Å²) in [4.78, 5) is 42.4. The first-order valence-corrected chi connectivity index (χ1v) is 15.3. The van der Waals surface area contributed by atoms with Crippen molar-refractivity contribution in [3.8, 4) is 11.8 Å². The van der Waals surface area contributed by atoms with E-state index in [0.717, 1.165) is 18.2 Å². The molecular formula is C36H33F3N6O3. The second kappa shape index (κ2) is 13.6. The first-order valence-electron chi connectivity index (χ1n) is 15.3. The van der Waals surface area contributed by atoms with Crippen LogP contribution in [0.1, 0.15) is 59.4 Å². The third-order valence-corrected chi connectivity index (χ3v) is 7.94. The fourth-order valence-electron chi connectivity index (χ4n) is 5.86. The molecule has 0 bridgehead atoms. The number of amides is 3. The second-order valence-corrected chi connectivity index (χ2v) is 11.7. The van der Waals surface area contributed by atoms with E-state index < -0.39 is 41.4 Å². The Morgan fingerprint density at radius 3 is 2.40 bits per heavy atom. The lowest BCUT2D eigenvalue weighted by molar-refractivity contribution is -0.137. The molecule has 3 aromatic carbocycles. The number of nitrogens with zero attached hydrogens (tertiary/aromatic N) is 4. The molecule has 0 unspecified atom stereocenters. The number of para-hydroxylation sites is 1. The van der Waals surface area contributed by atoms with E-state index in [0.29, 0.717) is 34.0 Å². The van der Waals surface area contributed by atoms with Gasteiger partial charge in [0.25, 0.3) is 17.7 Å². The Labute approximate surface area is 275 Å². The van der Waals surface area contributed by atoms with E-state index in [2.05, 4.69) is 10.6 Å². The Balaban J connectivity index is 1.64. The van der Waals surface area contributed by atoms with Crippen molar-refractivity contribution in [2.24, 2.45) is 5.92 Å². The number of carbonyl (C=O) groups excluding carboxylic acids is 3. The zero-order valence-corrected chi connectivity index (χ0v) is 26.7. The average molecular weight is 655 g/mol. The van der Waals surface area contributed by atoms with Crippen molar-refractivity contribution < 1.29 is 27.6 Å². The van der Waals surface area contributed by atoms with E-state index in [4.69, 9.17) is 5.10 Å². The molecule has 0 saturated heterocycles. The number of alkyl halides is 3. The Hall–Kier alpha value is -5.70. The Bertz CT molecular complexity index is 1940. The van der Waals surface area contributed by atoms with Crippen molar-refractivity contribution >= 4 is 29.2 Å². The average Bonchev–Trinajstić information content (AvgIpc) is 3.40. The SMILES string of the molecule is CCN1C(=O)[C@@H](NC(=O)c2cccc(C(F)(F)F)c2)[C@H](c2cccc(NC(=O)/C(C#N)=C/C(C)C)c2)c2c(C)nn(-c3ccccc3)c21. The van der Waals surface area contributed by atoms with Crippen molar-refractivity contribution in [3.05, 3.63) is 118 Å². The summed E-state index contributed by atoms with van der Waals surface area (Å²) in [5, 5.41) is 19.8. The van der Waals surface area contributed by atoms with Crippen LogP contribution in [-0.2, 0) is 15.8 Å². The van der Waals surface area contributed by atoms with Crippen LogP contribution in [0, 0.1) is 24.2 Å². The summed E-state index contributed by atoms with van der Waals surface area (Å²) in [5.74, 6) is -2.38. The van der Waals surface area contributed by atoms with Crippen LogP contribution in [0.25, 0.3) is 5.69 Å². The minimum absolute atomic E-state index is 0.0461. The van der Waals surface area contributed by atoms with Crippen LogP contribution in [-0.4, -0.2) is 40.1 Å². The van der Waals surface area contributed by atoms with E-state index in [-0.39, 0.29) is 23.6 Å². The Morgan fingerprint density at radius 1 is 1.04 bits per heavy atom. The highest BCUT2D eigenvalue weighted by Crippen LogP contribution is 2.44. The number of fused-ring (bicyclic) bond motifs is 1. The van der Waals surface area contributed by atoms with Crippen LogP contribution < -0.4 is 15.5 Å². The van der Waals surface area contributed by atoms with Crippen LogP contribution in [0.15, 0.2) is 90.5 Å². The number of nitrogens with one attached hydrogen (secondary N) is 2. The maximum atomic E-state index is 14.4. The molecule has 0 aliphatic carbocycles. The number of hydrogen-bond donors (Lipinski definition) is 2. The minimum atomic E-state index is -4.67. The zero-order chi connectivity index (χ0) is 34.7. The number of halogens is 3. The predicted octanol–water partition coefficient (Wildman–Crippen LogP) is 6.54. The molecule has 246 valence electrons. The van der Waals surface area contributed by atoms with Crippen molar-refractivity contribution in [1.29, 1.82) is 5.26 Å². The molecule has 2 atom stereocenters. The quantitative estimate of drug-likeness (QED) is 0.165. The largest absolute Gasteiger partial charge is 0.416 e. The molecule has 1 aromatic heterocycles. The van der Waals surface area contributed by atoms with E-state index in [1.807, 2.05) is 50.2 Å². The molecule has 3 amide bonds.